The van der Waals surface area contributed by atoms with Crippen molar-refractivity contribution in [3.8, 4) is 0 Å². The lowest BCUT2D eigenvalue weighted by molar-refractivity contribution is -0.123. The second-order valence-electron chi connectivity index (χ2n) is 6.72. The quantitative estimate of drug-likeness (QED) is 0.751. The van der Waals surface area contributed by atoms with Crippen molar-refractivity contribution < 1.29 is 14.4 Å². The minimum atomic E-state index is -0.989. The topological polar surface area (TPSA) is 94.4 Å². The minimum absolute atomic E-state index is 0.253. The Balaban J connectivity index is 1.49. The van der Waals surface area contributed by atoms with E-state index in [2.05, 4.69) is 15.7 Å². The zero-order valence-corrected chi connectivity index (χ0v) is 16.7. The predicted octanol–water partition coefficient (Wildman–Crippen LogP) is 3.23. The van der Waals surface area contributed by atoms with Gasteiger partial charge in [-0.05, 0) is 42.8 Å². The number of halogens is 2. The third-order valence-corrected chi connectivity index (χ3v) is 5.18. The van der Waals surface area contributed by atoms with Crippen LogP contribution in [0.2, 0.25) is 10.0 Å². The summed E-state index contributed by atoms with van der Waals surface area (Å²) in [7, 11) is 0. The van der Waals surface area contributed by atoms with E-state index in [4.69, 9.17) is 23.2 Å². The van der Waals surface area contributed by atoms with E-state index in [0.717, 1.165) is 10.5 Å². The summed E-state index contributed by atoms with van der Waals surface area (Å²) in [6, 6.07) is 9.68. The molecular weight excluding hydrogens is 417 g/mol. The summed E-state index contributed by atoms with van der Waals surface area (Å²) in [6.45, 7) is 1.63. The molecule has 2 aromatic carbocycles. The van der Waals surface area contributed by atoms with Gasteiger partial charge in [-0.1, -0.05) is 40.6 Å². The van der Waals surface area contributed by atoms with Gasteiger partial charge in [0.2, 0.25) is 5.91 Å². The van der Waals surface area contributed by atoms with Gasteiger partial charge >= 0.3 is 0 Å². The summed E-state index contributed by atoms with van der Waals surface area (Å²) >= 11 is 12.1. The van der Waals surface area contributed by atoms with Crippen LogP contribution in [-0.2, 0) is 14.4 Å². The number of carbonyl (C=O) groups is 3. The number of nitrogens with zero attached hydrogens (tertiary/aromatic N) is 4. The first kappa shape index (κ1) is 19.4. The van der Waals surface area contributed by atoms with Crippen LogP contribution >= 0.6 is 23.2 Å². The van der Waals surface area contributed by atoms with Gasteiger partial charge in [0.25, 0.3) is 11.8 Å². The van der Waals surface area contributed by atoms with E-state index in [0.29, 0.717) is 21.4 Å². The lowest BCUT2D eigenvalue weighted by atomic mass is 10.1. The van der Waals surface area contributed by atoms with Crippen LogP contribution in [0.15, 0.2) is 52.8 Å². The van der Waals surface area contributed by atoms with Crippen molar-refractivity contribution in [3.05, 3.63) is 58.1 Å². The maximum atomic E-state index is 12.9. The third-order valence-electron chi connectivity index (χ3n) is 4.63. The first-order valence-electron chi connectivity index (χ1n) is 8.72. The highest BCUT2D eigenvalue weighted by molar-refractivity contribution is 6.34. The molecule has 1 N–H and O–H groups in total. The highest BCUT2D eigenvalue weighted by Crippen LogP contribution is 2.32. The van der Waals surface area contributed by atoms with Gasteiger partial charge in [0.05, 0.1) is 16.4 Å². The second kappa shape index (κ2) is 7.46. The summed E-state index contributed by atoms with van der Waals surface area (Å²) in [4.78, 5) is 39.0. The zero-order chi connectivity index (χ0) is 20.7. The molecule has 0 unspecified atom stereocenters. The molecule has 1 saturated heterocycles. The Kier molecular flexibility index (Phi) is 4.97. The highest BCUT2D eigenvalue weighted by atomic mass is 35.5. The van der Waals surface area contributed by atoms with Gasteiger partial charge < -0.3 is 5.32 Å². The molecular formula is C19H15Cl2N5O3. The van der Waals surface area contributed by atoms with E-state index in [1.54, 1.807) is 30.3 Å². The number of hydrogen-bond donors (Lipinski definition) is 1. The molecule has 2 aliphatic rings. The molecule has 2 aliphatic heterocycles. The Morgan fingerprint density at radius 2 is 1.93 bits per heavy atom. The van der Waals surface area contributed by atoms with Crippen molar-refractivity contribution in [3.63, 3.8) is 0 Å². The maximum Gasteiger partial charge on any atom is 0.263 e. The molecule has 2 aromatic rings. The smallest absolute Gasteiger partial charge is 0.263 e. The fourth-order valence-corrected chi connectivity index (χ4v) is 3.75. The monoisotopic (exact) mass is 431 g/mol. The Morgan fingerprint density at radius 3 is 2.66 bits per heavy atom. The Morgan fingerprint density at radius 1 is 1.14 bits per heavy atom. The third kappa shape index (κ3) is 3.56. The number of imide groups is 1. The number of nitrogens with one attached hydrogen (secondary N) is 1. The van der Waals surface area contributed by atoms with Crippen molar-refractivity contribution in [1.29, 1.82) is 0 Å². The molecule has 29 heavy (non-hydrogen) atoms. The number of rotatable bonds is 4. The largest absolute Gasteiger partial charge is 0.323 e. The van der Waals surface area contributed by atoms with E-state index in [1.807, 2.05) is 13.0 Å². The Labute approximate surface area is 176 Å². The van der Waals surface area contributed by atoms with Crippen LogP contribution in [0.4, 0.5) is 11.4 Å². The number of carbonyl (C=O) groups excluding carboxylic acids is 3. The normalized spacial score (nSPS) is 20.4. The number of benzene rings is 2. The molecule has 0 saturated carbocycles. The standard InChI is InChI=1S/C19H15Cl2N5O3/c1-10-5-6-14(13(21)7-10)22-15(27)9-25-17-16(23-24-25)18(28)26(19(17)29)12-4-2-3-11(20)8-12/h2-8,16-17H,9H2,1H3,(H,22,27)/t16-,17-/m0/s1. The number of aryl methyl sites for hydroxylation is 1. The van der Waals surface area contributed by atoms with E-state index < -0.39 is 29.8 Å². The summed E-state index contributed by atoms with van der Waals surface area (Å²) < 4.78 is 0. The van der Waals surface area contributed by atoms with Gasteiger partial charge in [0.1, 0.15) is 6.54 Å². The average molecular weight is 432 g/mol. The van der Waals surface area contributed by atoms with E-state index in [9.17, 15) is 14.4 Å². The Bertz CT molecular complexity index is 1060. The molecule has 3 amide bonds. The van der Waals surface area contributed by atoms with Crippen molar-refractivity contribution in [2.45, 2.75) is 19.0 Å². The molecule has 1 fully saturated rings. The van der Waals surface area contributed by atoms with Crippen LogP contribution in [-0.4, -0.2) is 41.4 Å². The van der Waals surface area contributed by atoms with Crippen LogP contribution in [0.5, 0.6) is 0 Å². The highest BCUT2D eigenvalue weighted by Gasteiger charge is 2.55. The molecule has 0 spiro atoms. The van der Waals surface area contributed by atoms with Gasteiger partial charge in [-0.2, -0.15) is 5.11 Å². The van der Waals surface area contributed by atoms with Gasteiger partial charge in [0.15, 0.2) is 12.1 Å². The predicted molar refractivity (Wildman–Crippen MR) is 108 cm³/mol. The van der Waals surface area contributed by atoms with E-state index in [1.165, 1.54) is 11.1 Å². The average Bonchev–Trinajstić information content (AvgIpc) is 3.17. The van der Waals surface area contributed by atoms with Gasteiger partial charge in [0, 0.05) is 5.02 Å². The molecule has 10 heteroatoms. The Hall–Kier alpha value is -2.97. The lowest BCUT2D eigenvalue weighted by Crippen LogP contribution is -2.43. The van der Waals surface area contributed by atoms with Crippen molar-refractivity contribution >= 4 is 52.3 Å². The molecule has 8 nitrogen and oxygen atoms in total. The number of fused-ring (bicyclic) bond motifs is 1. The molecule has 0 bridgehead atoms. The van der Waals surface area contributed by atoms with Crippen molar-refractivity contribution in [2.75, 3.05) is 16.8 Å². The zero-order valence-electron chi connectivity index (χ0n) is 15.2. The molecule has 2 atom stereocenters. The molecule has 2 heterocycles. The van der Waals surface area contributed by atoms with Crippen LogP contribution < -0.4 is 10.2 Å². The van der Waals surface area contributed by atoms with Gasteiger partial charge in [-0.25, -0.2) is 4.90 Å². The van der Waals surface area contributed by atoms with Crippen molar-refractivity contribution in [1.82, 2.24) is 5.01 Å². The van der Waals surface area contributed by atoms with Crippen LogP contribution in [0.25, 0.3) is 0 Å². The van der Waals surface area contributed by atoms with Crippen LogP contribution in [0.1, 0.15) is 5.56 Å². The van der Waals surface area contributed by atoms with E-state index >= 15 is 0 Å². The van der Waals surface area contributed by atoms with Crippen molar-refractivity contribution in [2.24, 2.45) is 10.3 Å². The van der Waals surface area contributed by atoms with Crippen LogP contribution in [0.3, 0.4) is 0 Å². The number of hydrogen-bond acceptors (Lipinski definition) is 6. The lowest BCUT2D eigenvalue weighted by Gasteiger charge is -2.20. The molecule has 148 valence electrons. The summed E-state index contributed by atoms with van der Waals surface area (Å²) in [5.74, 6) is -1.44. The summed E-state index contributed by atoms with van der Waals surface area (Å²) in [5.41, 5.74) is 1.76. The fraction of sp³-hybridized carbons (Fsp3) is 0.211. The molecule has 0 aromatic heterocycles. The fourth-order valence-electron chi connectivity index (χ4n) is 3.28. The molecule has 4 rings (SSSR count). The van der Waals surface area contributed by atoms with Crippen LogP contribution in [0, 0.1) is 6.92 Å². The molecule has 0 aliphatic carbocycles. The second-order valence-corrected chi connectivity index (χ2v) is 7.56. The maximum absolute atomic E-state index is 12.9. The first-order chi connectivity index (χ1) is 13.8. The van der Waals surface area contributed by atoms with Gasteiger partial charge in [-0.3, -0.25) is 19.4 Å². The van der Waals surface area contributed by atoms with E-state index in [-0.39, 0.29) is 6.54 Å². The number of amides is 3. The SMILES string of the molecule is Cc1ccc(NC(=O)CN2N=N[C@@H]3C(=O)N(c4cccc(Cl)c4)C(=O)[C@H]32)c(Cl)c1. The minimum Gasteiger partial charge on any atom is -0.323 e. The number of anilines is 2. The molecule has 0 radical (unpaired) electrons. The van der Waals surface area contributed by atoms with Gasteiger partial charge in [-0.15, -0.1) is 0 Å². The first-order valence-corrected chi connectivity index (χ1v) is 9.47. The summed E-state index contributed by atoms with van der Waals surface area (Å²) in [5, 5.41) is 12.4. The summed E-state index contributed by atoms with van der Waals surface area (Å²) in [6.07, 6.45) is 0.